The van der Waals surface area contributed by atoms with E-state index >= 15 is 0 Å². The number of alkyl halides is 1. The van der Waals surface area contributed by atoms with E-state index in [4.69, 9.17) is 4.74 Å². The van der Waals surface area contributed by atoms with Crippen LogP contribution in [0, 0.1) is 0 Å². The number of amides is 2. The van der Waals surface area contributed by atoms with Crippen LogP contribution in [0.25, 0.3) is 5.69 Å². The highest BCUT2D eigenvalue weighted by atomic mass is 19.1. The highest BCUT2D eigenvalue weighted by Gasteiger charge is 2.48. The molecule has 1 aromatic heterocycles. The van der Waals surface area contributed by atoms with Gasteiger partial charge in [-0.1, -0.05) is 12.1 Å². The van der Waals surface area contributed by atoms with Gasteiger partial charge in [-0.05, 0) is 30.2 Å². The van der Waals surface area contributed by atoms with Crippen molar-refractivity contribution in [3.05, 3.63) is 48.3 Å². The number of aromatic nitrogens is 2. The van der Waals surface area contributed by atoms with E-state index in [1.165, 1.54) is 0 Å². The molecule has 27 heavy (non-hydrogen) atoms. The molecule has 7 nitrogen and oxygen atoms in total. The molecule has 0 saturated carbocycles. The van der Waals surface area contributed by atoms with Crippen LogP contribution in [0.4, 0.5) is 9.18 Å². The maximum absolute atomic E-state index is 12.5. The summed E-state index contributed by atoms with van der Waals surface area (Å²) in [6, 6.07) is 9.57. The van der Waals surface area contributed by atoms with E-state index in [1.54, 1.807) is 15.8 Å². The molecule has 2 fully saturated rings. The fraction of sp³-hybridized carbons (Fsp3) is 0.421. The van der Waals surface area contributed by atoms with Crippen LogP contribution in [0.2, 0.25) is 0 Å². The van der Waals surface area contributed by atoms with Gasteiger partial charge in [0, 0.05) is 31.9 Å². The Hall–Kier alpha value is -2.90. The molecular weight excluding hydrogens is 351 g/mol. The molecule has 1 aromatic carbocycles. The standard InChI is InChI=1S/C19H21FN4O3/c20-7-11-27-19(26)22-10-6-16-17(22)12-18(25)23(16)13-14-2-4-15(5-3-14)24-9-1-8-21-24/h1-5,8-9,16-17H,6-7,10-13H2/t16-,17-/m0/s1. The number of fused-ring (bicyclic) bond motifs is 1. The van der Waals surface area contributed by atoms with Gasteiger partial charge in [-0.15, -0.1) is 0 Å². The zero-order valence-electron chi connectivity index (χ0n) is 14.8. The summed E-state index contributed by atoms with van der Waals surface area (Å²) in [5.74, 6) is 0.0316. The Morgan fingerprint density at radius 1 is 1.26 bits per heavy atom. The summed E-state index contributed by atoms with van der Waals surface area (Å²) < 4.78 is 18.9. The first-order valence-electron chi connectivity index (χ1n) is 9.05. The lowest BCUT2D eigenvalue weighted by molar-refractivity contribution is -0.129. The molecule has 2 aromatic rings. The van der Waals surface area contributed by atoms with Crippen LogP contribution in [0.5, 0.6) is 0 Å². The molecule has 0 radical (unpaired) electrons. The predicted molar refractivity (Wildman–Crippen MR) is 95.0 cm³/mol. The van der Waals surface area contributed by atoms with Crippen molar-refractivity contribution < 1.29 is 18.7 Å². The number of nitrogens with zero attached hydrogens (tertiary/aromatic N) is 4. The van der Waals surface area contributed by atoms with Crippen molar-refractivity contribution in [2.24, 2.45) is 0 Å². The molecule has 4 rings (SSSR count). The molecule has 3 heterocycles. The number of benzene rings is 1. The van der Waals surface area contributed by atoms with Crippen molar-refractivity contribution in [1.82, 2.24) is 19.6 Å². The number of hydrogen-bond acceptors (Lipinski definition) is 4. The van der Waals surface area contributed by atoms with Crippen molar-refractivity contribution in [3.63, 3.8) is 0 Å². The normalized spacial score (nSPS) is 21.6. The van der Waals surface area contributed by atoms with E-state index in [2.05, 4.69) is 5.10 Å². The zero-order chi connectivity index (χ0) is 18.8. The maximum Gasteiger partial charge on any atom is 0.410 e. The lowest BCUT2D eigenvalue weighted by Gasteiger charge is -2.25. The molecule has 2 saturated heterocycles. The molecule has 0 bridgehead atoms. The molecule has 142 valence electrons. The summed E-state index contributed by atoms with van der Waals surface area (Å²) in [6.45, 7) is 0.0927. The second kappa shape index (κ2) is 7.38. The molecule has 2 amide bonds. The van der Waals surface area contributed by atoms with Crippen molar-refractivity contribution >= 4 is 12.0 Å². The summed E-state index contributed by atoms with van der Waals surface area (Å²) in [6.07, 6.45) is 4.08. The number of likely N-dealkylation sites (tertiary alicyclic amines) is 2. The number of hydrogen-bond donors (Lipinski definition) is 0. The van der Waals surface area contributed by atoms with Crippen molar-refractivity contribution in [3.8, 4) is 5.69 Å². The molecule has 2 atom stereocenters. The Labute approximate surface area is 156 Å². The summed E-state index contributed by atoms with van der Waals surface area (Å²) in [4.78, 5) is 28.0. The second-order valence-electron chi connectivity index (χ2n) is 6.76. The lowest BCUT2D eigenvalue weighted by Crippen LogP contribution is -2.40. The Bertz CT molecular complexity index is 809. The average Bonchev–Trinajstić information content (AvgIpc) is 3.40. The van der Waals surface area contributed by atoms with Crippen molar-refractivity contribution in [2.75, 3.05) is 19.8 Å². The summed E-state index contributed by atoms with van der Waals surface area (Å²) in [5, 5.41) is 4.20. The first-order chi connectivity index (χ1) is 13.2. The van der Waals surface area contributed by atoms with Gasteiger partial charge in [-0.2, -0.15) is 5.10 Å². The fourth-order valence-electron chi connectivity index (χ4n) is 3.94. The van der Waals surface area contributed by atoms with E-state index in [1.807, 2.05) is 41.4 Å². The van der Waals surface area contributed by atoms with Crippen LogP contribution in [0.15, 0.2) is 42.7 Å². The zero-order valence-corrected chi connectivity index (χ0v) is 14.8. The quantitative estimate of drug-likeness (QED) is 0.807. The largest absolute Gasteiger partial charge is 0.447 e. The minimum absolute atomic E-state index is 0.0128. The molecule has 0 N–H and O–H groups in total. The van der Waals surface area contributed by atoms with Gasteiger partial charge in [-0.25, -0.2) is 13.9 Å². The first kappa shape index (κ1) is 17.5. The van der Waals surface area contributed by atoms with Gasteiger partial charge in [0.2, 0.25) is 5.91 Å². The van der Waals surface area contributed by atoms with Gasteiger partial charge in [0.05, 0.1) is 17.8 Å². The van der Waals surface area contributed by atoms with Crippen LogP contribution in [0.1, 0.15) is 18.4 Å². The lowest BCUT2D eigenvalue weighted by atomic mass is 10.1. The molecule has 8 heteroatoms. The smallest absolute Gasteiger partial charge is 0.410 e. The molecule has 2 aliphatic heterocycles. The Balaban J connectivity index is 1.43. The number of carbonyl (C=O) groups is 2. The maximum atomic E-state index is 12.5. The Morgan fingerprint density at radius 3 is 2.78 bits per heavy atom. The number of halogens is 1. The van der Waals surface area contributed by atoms with Crippen LogP contribution in [-0.4, -0.2) is 63.5 Å². The number of rotatable bonds is 5. The van der Waals surface area contributed by atoms with E-state index in [0.717, 1.165) is 11.3 Å². The molecule has 0 aliphatic carbocycles. The van der Waals surface area contributed by atoms with Crippen molar-refractivity contribution in [2.45, 2.75) is 31.5 Å². The van der Waals surface area contributed by atoms with Gasteiger partial charge in [0.25, 0.3) is 0 Å². The van der Waals surface area contributed by atoms with E-state index < -0.39 is 12.8 Å². The molecule has 2 aliphatic rings. The molecule has 0 unspecified atom stereocenters. The SMILES string of the molecule is O=C1C[C@H]2[C@H](CCN2C(=O)OCCF)N1Cc1ccc(-n2cccn2)cc1. The van der Waals surface area contributed by atoms with Crippen LogP contribution in [0.3, 0.4) is 0 Å². The van der Waals surface area contributed by atoms with Crippen molar-refractivity contribution in [1.29, 1.82) is 0 Å². The predicted octanol–water partition coefficient (Wildman–Crippen LogP) is 2.15. The summed E-state index contributed by atoms with van der Waals surface area (Å²) in [7, 11) is 0. The van der Waals surface area contributed by atoms with Gasteiger partial charge in [0.15, 0.2) is 0 Å². The Kier molecular flexibility index (Phi) is 4.79. The monoisotopic (exact) mass is 372 g/mol. The van der Waals surface area contributed by atoms with E-state index in [-0.39, 0.29) is 24.6 Å². The summed E-state index contributed by atoms with van der Waals surface area (Å²) in [5.41, 5.74) is 1.98. The minimum atomic E-state index is -0.701. The number of carbonyl (C=O) groups excluding carboxylic acids is 2. The highest BCUT2D eigenvalue weighted by molar-refractivity contribution is 5.82. The highest BCUT2D eigenvalue weighted by Crippen LogP contribution is 2.34. The number of ether oxygens (including phenoxy) is 1. The topological polar surface area (TPSA) is 67.7 Å². The van der Waals surface area contributed by atoms with E-state index in [9.17, 15) is 14.0 Å². The van der Waals surface area contributed by atoms with Gasteiger partial charge >= 0.3 is 6.09 Å². The molecule has 0 spiro atoms. The average molecular weight is 372 g/mol. The van der Waals surface area contributed by atoms with Crippen LogP contribution in [-0.2, 0) is 16.1 Å². The Morgan fingerprint density at radius 2 is 2.07 bits per heavy atom. The van der Waals surface area contributed by atoms with Gasteiger partial charge in [-0.3, -0.25) is 4.79 Å². The third-order valence-electron chi connectivity index (χ3n) is 5.21. The van der Waals surface area contributed by atoms with Gasteiger partial charge in [0.1, 0.15) is 13.3 Å². The minimum Gasteiger partial charge on any atom is -0.447 e. The molecular formula is C19H21FN4O3. The van der Waals surface area contributed by atoms with Gasteiger partial charge < -0.3 is 14.5 Å². The first-order valence-corrected chi connectivity index (χ1v) is 9.05. The van der Waals surface area contributed by atoms with Crippen LogP contribution < -0.4 is 0 Å². The third-order valence-corrected chi connectivity index (χ3v) is 5.21. The second-order valence-corrected chi connectivity index (χ2v) is 6.76. The fourth-order valence-corrected chi connectivity index (χ4v) is 3.94. The van der Waals surface area contributed by atoms with E-state index in [0.29, 0.717) is 25.9 Å². The van der Waals surface area contributed by atoms with Crippen LogP contribution >= 0.6 is 0 Å². The summed E-state index contributed by atoms with van der Waals surface area (Å²) >= 11 is 0. The third kappa shape index (κ3) is 3.39.